The molecular formula is C14H13ClFNO. The molecule has 2 aromatic rings. The van der Waals surface area contributed by atoms with Gasteiger partial charge < -0.3 is 5.11 Å². The number of aliphatic hydroxyl groups excluding tert-OH is 1. The van der Waals surface area contributed by atoms with Crippen molar-refractivity contribution in [3.8, 4) is 0 Å². The Morgan fingerprint density at radius 2 is 2.11 bits per heavy atom. The van der Waals surface area contributed by atoms with Gasteiger partial charge in [-0.2, -0.15) is 0 Å². The Balaban J connectivity index is 2.13. The smallest absolute Gasteiger partial charge is 0.142 e. The van der Waals surface area contributed by atoms with Crippen LogP contribution in [0.15, 0.2) is 36.5 Å². The van der Waals surface area contributed by atoms with Crippen molar-refractivity contribution in [2.24, 2.45) is 0 Å². The number of benzene rings is 1. The van der Waals surface area contributed by atoms with Gasteiger partial charge in [0.2, 0.25) is 0 Å². The first-order valence-electron chi connectivity index (χ1n) is 5.61. The van der Waals surface area contributed by atoms with Gasteiger partial charge in [-0.25, -0.2) is 4.39 Å². The number of halogens is 2. The molecule has 0 aliphatic heterocycles. The van der Waals surface area contributed by atoms with Crippen LogP contribution in [0.2, 0.25) is 5.02 Å². The molecule has 1 heterocycles. The monoisotopic (exact) mass is 265 g/mol. The summed E-state index contributed by atoms with van der Waals surface area (Å²) in [5.74, 6) is -0.474. The van der Waals surface area contributed by atoms with Gasteiger partial charge in [0, 0.05) is 12.6 Å². The van der Waals surface area contributed by atoms with Crippen molar-refractivity contribution in [1.82, 2.24) is 4.98 Å². The second-order valence-corrected chi connectivity index (χ2v) is 4.64. The third-order valence-corrected chi connectivity index (χ3v) is 3.00. The van der Waals surface area contributed by atoms with Crippen LogP contribution < -0.4 is 0 Å². The molecule has 1 aromatic heterocycles. The summed E-state index contributed by atoms with van der Waals surface area (Å²) < 4.78 is 13.3. The number of aliphatic hydroxyl groups is 1. The molecule has 0 bridgehead atoms. The Hall–Kier alpha value is -1.45. The van der Waals surface area contributed by atoms with E-state index in [-0.39, 0.29) is 5.02 Å². The maximum absolute atomic E-state index is 13.3. The van der Waals surface area contributed by atoms with Crippen LogP contribution in [0.1, 0.15) is 22.9 Å². The fourth-order valence-corrected chi connectivity index (χ4v) is 1.79. The highest BCUT2D eigenvalue weighted by molar-refractivity contribution is 6.30. The van der Waals surface area contributed by atoms with E-state index in [1.807, 2.05) is 13.0 Å². The van der Waals surface area contributed by atoms with Crippen LogP contribution in [0.25, 0.3) is 0 Å². The topological polar surface area (TPSA) is 33.1 Å². The quantitative estimate of drug-likeness (QED) is 0.922. The normalized spacial score (nSPS) is 12.4. The molecule has 2 rings (SSSR count). The zero-order valence-corrected chi connectivity index (χ0v) is 10.7. The molecular weight excluding hydrogens is 253 g/mol. The first-order valence-corrected chi connectivity index (χ1v) is 5.98. The molecule has 1 unspecified atom stereocenters. The lowest BCUT2D eigenvalue weighted by Gasteiger charge is -2.10. The summed E-state index contributed by atoms with van der Waals surface area (Å²) >= 11 is 5.60. The number of pyridine rings is 1. The van der Waals surface area contributed by atoms with Crippen LogP contribution >= 0.6 is 11.6 Å². The zero-order valence-electron chi connectivity index (χ0n) is 9.90. The SMILES string of the molecule is Cc1ccc(C(O)Cc2ccc(Cl)c(F)c2)nc1. The molecule has 1 aromatic carbocycles. The highest BCUT2D eigenvalue weighted by atomic mass is 35.5. The average molecular weight is 266 g/mol. The van der Waals surface area contributed by atoms with E-state index < -0.39 is 11.9 Å². The summed E-state index contributed by atoms with van der Waals surface area (Å²) in [5, 5.41) is 10.1. The van der Waals surface area contributed by atoms with Gasteiger partial charge in [0.1, 0.15) is 5.82 Å². The molecule has 0 spiro atoms. The van der Waals surface area contributed by atoms with Gasteiger partial charge in [-0.05, 0) is 36.2 Å². The molecule has 0 saturated heterocycles. The van der Waals surface area contributed by atoms with Gasteiger partial charge in [0.25, 0.3) is 0 Å². The van der Waals surface area contributed by atoms with Crippen molar-refractivity contribution in [3.63, 3.8) is 0 Å². The van der Waals surface area contributed by atoms with E-state index in [9.17, 15) is 9.50 Å². The average Bonchev–Trinajstić information content (AvgIpc) is 2.34. The Bertz CT molecular complexity index is 542. The Morgan fingerprint density at radius 3 is 2.72 bits per heavy atom. The van der Waals surface area contributed by atoms with Gasteiger partial charge in [-0.1, -0.05) is 23.7 Å². The van der Waals surface area contributed by atoms with Gasteiger partial charge in [0.05, 0.1) is 16.8 Å². The van der Waals surface area contributed by atoms with E-state index in [0.29, 0.717) is 17.7 Å². The molecule has 0 fully saturated rings. The first kappa shape index (κ1) is 13.0. The van der Waals surface area contributed by atoms with Crippen LogP contribution in [0.5, 0.6) is 0 Å². The number of aryl methyl sites for hydroxylation is 1. The van der Waals surface area contributed by atoms with Gasteiger partial charge in [-0.3, -0.25) is 4.98 Å². The molecule has 2 nitrogen and oxygen atoms in total. The number of hydrogen-bond donors (Lipinski definition) is 1. The van der Waals surface area contributed by atoms with Gasteiger partial charge >= 0.3 is 0 Å². The van der Waals surface area contributed by atoms with Gasteiger partial charge in [-0.15, -0.1) is 0 Å². The molecule has 4 heteroatoms. The molecule has 18 heavy (non-hydrogen) atoms. The maximum atomic E-state index is 13.3. The molecule has 0 amide bonds. The van der Waals surface area contributed by atoms with Crippen molar-refractivity contribution in [1.29, 1.82) is 0 Å². The predicted octanol–water partition coefficient (Wildman–Crippen LogP) is 3.46. The zero-order chi connectivity index (χ0) is 13.1. The minimum absolute atomic E-state index is 0.0849. The first-order chi connectivity index (χ1) is 8.56. The van der Waals surface area contributed by atoms with E-state index >= 15 is 0 Å². The van der Waals surface area contributed by atoms with E-state index in [2.05, 4.69) is 4.98 Å². The highest BCUT2D eigenvalue weighted by Gasteiger charge is 2.11. The lowest BCUT2D eigenvalue weighted by molar-refractivity contribution is 0.173. The summed E-state index contributed by atoms with van der Waals surface area (Å²) in [7, 11) is 0. The minimum atomic E-state index is -0.744. The van der Waals surface area contributed by atoms with Crippen LogP contribution in [0.4, 0.5) is 4.39 Å². The largest absolute Gasteiger partial charge is 0.386 e. The second-order valence-electron chi connectivity index (χ2n) is 4.23. The molecule has 94 valence electrons. The fourth-order valence-electron chi connectivity index (χ4n) is 1.67. The Kier molecular flexibility index (Phi) is 3.94. The standard InChI is InChI=1S/C14H13ClFNO/c1-9-2-5-13(17-8-9)14(18)7-10-3-4-11(15)12(16)6-10/h2-6,8,14,18H,7H2,1H3. The van der Waals surface area contributed by atoms with Crippen molar-refractivity contribution in [2.75, 3.05) is 0 Å². The van der Waals surface area contributed by atoms with Crippen LogP contribution in [0.3, 0.4) is 0 Å². The number of rotatable bonds is 3. The van der Waals surface area contributed by atoms with Crippen LogP contribution in [0, 0.1) is 12.7 Å². The third-order valence-electron chi connectivity index (χ3n) is 2.69. The third kappa shape index (κ3) is 3.06. The second kappa shape index (κ2) is 5.46. The number of hydrogen-bond acceptors (Lipinski definition) is 2. The lowest BCUT2D eigenvalue weighted by atomic mass is 10.0. The van der Waals surface area contributed by atoms with Crippen molar-refractivity contribution in [3.05, 3.63) is 64.2 Å². The van der Waals surface area contributed by atoms with E-state index in [4.69, 9.17) is 11.6 Å². The van der Waals surface area contributed by atoms with E-state index in [0.717, 1.165) is 5.56 Å². The summed E-state index contributed by atoms with van der Waals surface area (Å²) in [4.78, 5) is 4.14. The molecule has 0 aliphatic rings. The number of nitrogens with zero attached hydrogens (tertiary/aromatic N) is 1. The minimum Gasteiger partial charge on any atom is -0.386 e. The number of aromatic nitrogens is 1. The molecule has 0 radical (unpaired) electrons. The molecule has 1 N–H and O–H groups in total. The fraction of sp³-hybridized carbons (Fsp3) is 0.214. The van der Waals surface area contributed by atoms with Crippen molar-refractivity contribution in [2.45, 2.75) is 19.4 Å². The lowest BCUT2D eigenvalue weighted by Crippen LogP contribution is -2.04. The summed E-state index contributed by atoms with van der Waals surface area (Å²) in [5.41, 5.74) is 2.30. The summed E-state index contributed by atoms with van der Waals surface area (Å²) in [6.45, 7) is 1.93. The molecule has 0 saturated carbocycles. The van der Waals surface area contributed by atoms with E-state index in [1.165, 1.54) is 12.1 Å². The molecule has 0 aliphatic carbocycles. The van der Waals surface area contributed by atoms with Gasteiger partial charge in [0.15, 0.2) is 0 Å². The van der Waals surface area contributed by atoms with Crippen LogP contribution in [-0.4, -0.2) is 10.1 Å². The Morgan fingerprint density at radius 1 is 1.33 bits per heavy atom. The summed E-state index contributed by atoms with van der Waals surface area (Å²) in [6, 6.07) is 8.17. The Labute approximate surface area is 110 Å². The van der Waals surface area contributed by atoms with Crippen LogP contribution in [-0.2, 0) is 6.42 Å². The summed E-state index contributed by atoms with van der Waals surface area (Å²) in [6.07, 6.45) is 1.26. The predicted molar refractivity (Wildman–Crippen MR) is 69.0 cm³/mol. The maximum Gasteiger partial charge on any atom is 0.142 e. The molecule has 1 atom stereocenters. The van der Waals surface area contributed by atoms with Crippen molar-refractivity contribution >= 4 is 11.6 Å². The van der Waals surface area contributed by atoms with Crippen molar-refractivity contribution < 1.29 is 9.50 Å². The highest BCUT2D eigenvalue weighted by Crippen LogP contribution is 2.20. The van der Waals surface area contributed by atoms with E-state index in [1.54, 1.807) is 18.3 Å².